The molecule has 4 aromatic rings. The molecule has 1 aliphatic heterocycles. The molecule has 174 valence electrons. The third-order valence-electron chi connectivity index (χ3n) is 6.79. The Labute approximate surface area is 198 Å². The summed E-state index contributed by atoms with van der Waals surface area (Å²) in [6, 6.07) is 19.9. The van der Waals surface area contributed by atoms with Crippen LogP contribution in [0.5, 0.6) is 0 Å². The molecule has 3 heterocycles. The van der Waals surface area contributed by atoms with Crippen molar-refractivity contribution in [2.45, 2.75) is 52.1 Å². The van der Waals surface area contributed by atoms with Crippen LogP contribution in [-0.2, 0) is 17.8 Å². The number of nitrogens with zero attached hydrogens (tertiary/aromatic N) is 5. The lowest BCUT2D eigenvalue weighted by molar-refractivity contribution is -0.133. The Kier molecular flexibility index (Phi) is 6.01. The summed E-state index contributed by atoms with van der Waals surface area (Å²) in [5, 5.41) is 4.57. The number of likely N-dealkylation sites (tertiary alicyclic amines) is 1. The molecule has 0 spiro atoms. The molecule has 1 aliphatic rings. The van der Waals surface area contributed by atoms with Crippen molar-refractivity contribution in [3.63, 3.8) is 0 Å². The van der Waals surface area contributed by atoms with Crippen molar-refractivity contribution < 1.29 is 4.79 Å². The maximum Gasteiger partial charge on any atom is 0.279 e. The van der Waals surface area contributed by atoms with Crippen LogP contribution in [0.25, 0.3) is 17.2 Å². The zero-order valence-corrected chi connectivity index (χ0v) is 19.6. The fourth-order valence-electron chi connectivity index (χ4n) is 4.80. The number of amides is 1. The van der Waals surface area contributed by atoms with Crippen LogP contribution >= 0.6 is 0 Å². The minimum Gasteiger partial charge on any atom is -0.340 e. The van der Waals surface area contributed by atoms with Crippen LogP contribution in [-0.4, -0.2) is 42.6 Å². The molecule has 2 aromatic carbocycles. The highest BCUT2D eigenvalue weighted by Gasteiger charge is 2.26. The lowest BCUT2D eigenvalue weighted by atomic mass is 10.0. The average molecular weight is 456 g/mol. The highest BCUT2D eigenvalue weighted by molar-refractivity contribution is 5.79. The van der Waals surface area contributed by atoms with E-state index in [2.05, 4.69) is 12.0 Å². The summed E-state index contributed by atoms with van der Waals surface area (Å²) in [5.74, 6) is 0.973. The average Bonchev–Trinajstić information content (AvgIpc) is 3.31. The molecule has 2 aromatic heterocycles. The van der Waals surface area contributed by atoms with E-state index in [1.54, 1.807) is 0 Å². The quantitative estimate of drug-likeness (QED) is 0.458. The van der Waals surface area contributed by atoms with Crippen molar-refractivity contribution in [3.05, 3.63) is 87.8 Å². The number of fused-ring (bicyclic) bond motifs is 1. The van der Waals surface area contributed by atoms with Gasteiger partial charge in [-0.2, -0.15) is 9.50 Å². The van der Waals surface area contributed by atoms with E-state index in [9.17, 15) is 9.59 Å². The van der Waals surface area contributed by atoms with Gasteiger partial charge in [-0.15, -0.1) is 5.10 Å². The van der Waals surface area contributed by atoms with Gasteiger partial charge in [0.2, 0.25) is 11.7 Å². The first-order chi connectivity index (χ1) is 16.5. The molecular formula is C27H29N5O2. The van der Waals surface area contributed by atoms with Crippen molar-refractivity contribution in [3.8, 4) is 11.4 Å². The topological polar surface area (TPSA) is 72.5 Å². The number of rotatable bonds is 5. The smallest absolute Gasteiger partial charge is 0.279 e. The summed E-state index contributed by atoms with van der Waals surface area (Å²) in [6.45, 7) is 5.28. The van der Waals surface area contributed by atoms with E-state index in [1.165, 1.54) is 4.52 Å². The zero-order valence-electron chi connectivity index (χ0n) is 19.6. The van der Waals surface area contributed by atoms with Gasteiger partial charge in [0.15, 0.2) is 5.82 Å². The second-order valence-electron chi connectivity index (χ2n) is 9.06. The second-order valence-corrected chi connectivity index (χ2v) is 9.06. The summed E-state index contributed by atoms with van der Waals surface area (Å²) in [5.41, 5.74) is 2.89. The maximum absolute atomic E-state index is 13.6. The van der Waals surface area contributed by atoms with Crippen molar-refractivity contribution in [1.82, 2.24) is 24.1 Å². The maximum atomic E-state index is 13.6. The highest BCUT2D eigenvalue weighted by atomic mass is 16.2. The van der Waals surface area contributed by atoms with Crippen molar-refractivity contribution in [2.75, 3.05) is 6.54 Å². The van der Waals surface area contributed by atoms with Gasteiger partial charge in [0.25, 0.3) is 5.56 Å². The first-order valence-corrected chi connectivity index (χ1v) is 11.9. The molecule has 1 amide bonds. The van der Waals surface area contributed by atoms with E-state index in [4.69, 9.17) is 4.98 Å². The third kappa shape index (κ3) is 4.14. The van der Waals surface area contributed by atoms with Crippen LogP contribution < -0.4 is 5.56 Å². The Morgan fingerprint density at radius 1 is 1.03 bits per heavy atom. The molecule has 0 radical (unpaired) electrons. The molecule has 1 unspecified atom stereocenters. The highest BCUT2D eigenvalue weighted by Crippen LogP contribution is 2.20. The third-order valence-corrected chi connectivity index (χ3v) is 6.79. The standard InChI is InChI=1S/C27H29N5O2/c1-19-11-9-10-16-30(19)24(33)17-23-20(2)31(18-21-12-5-3-6-13-21)27-28-25(29-32(27)26(23)34)22-14-7-4-8-15-22/h3-8,12-15,19H,9-11,16-18H2,1-2H3. The minimum absolute atomic E-state index is 0.00130. The Bertz CT molecular complexity index is 1380. The van der Waals surface area contributed by atoms with Gasteiger partial charge in [0.05, 0.1) is 13.0 Å². The fourth-order valence-corrected chi connectivity index (χ4v) is 4.80. The van der Waals surface area contributed by atoms with Gasteiger partial charge in [0.1, 0.15) is 0 Å². The van der Waals surface area contributed by atoms with Crippen LogP contribution in [0.3, 0.4) is 0 Å². The van der Waals surface area contributed by atoms with E-state index in [-0.39, 0.29) is 23.9 Å². The lowest BCUT2D eigenvalue weighted by Gasteiger charge is -2.33. The molecule has 0 bridgehead atoms. The first kappa shape index (κ1) is 22.1. The van der Waals surface area contributed by atoms with Gasteiger partial charge in [-0.1, -0.05) is 60.7 Å². The molecule has 5 rings (SSSR count). The summed E-state index contributed by atoms with van der Waals surface area (Å²) in [6.07, 6.45) is 3.22. The minimum atomic E-state index is -0.274. The van der Waals surface area contributed by atoms with Gasteiger partial charge in [0, 0.05) is 29.4 Å². The molecule has 1 saturated heterocycles. The lowest BCUT2D eigenvalue weighted by Crippen LogP contribution is -2.43. The Morgan fingerprint density at radius 3 is 2.44 bits per heavy atom. The summed E-state index contributed by atoms with van der Waals surface area (Å²) in [7, 11) is 0. The number of hydrogen-bond acceptors (Lipinski definition) is 4. The number of carbonyl (C=O) groups is 1. The first-order valence-electron chi connectivity index (χ1n) is 11.9. The van der Waals surface area contributed by atoms with Crippen molar-refractivity contribution >= 4 is 11.7 Å². The van der Waals surface area contributed by atoms with Crippen LogP contribution in [0.4, 0.5) is 0 Å². The van der Waals surface area contributed by atoms with Gasteiger partial charge >= 0.3 is 0 Å². The van der Waals surface area contributed by atoms with Crippen molar-refractivity contribution in [1.29, 1.82) is 0 Å². The molecule has 7 heteroatoms. The zero-order chi connectivity index (χ0) is 23.7. The fraction of sp³-hybridized carbons (Fsp3) is 0.333. The van der Waals surface area contributed by atoms with Crippen LogP contribution in [0.1, 0.15) is 43.0 Å². The SMILES string of the molecule is Cc1c(CC(=O)N2CCCCC2C)c(=O)n2nc(-c3ccccc3)nc2n1Cc1ccccc1. The number of hydrogen-bond donors (Lipinski definition) is 0. The summed E-state index contributed by atoms with van der Waals surface area (Å²) >= 11 is 0. The second kappa shape index (κ2) is 9.25. The van der Waals surface area contributed by atoms with Crippen LogP contribution in [0.2, 0.25) is 0 Å². The largest absolute Gasteiger partial charge is 0.340 e. The molecular weight excluding hydrogens is 426 g/mol. The normalized spacial score (nSPS) is 16.2. The monoisotopic (exact) mass is 455 g/mol. The molecule has 1 atom stereocenters. The van der Waals surface area contributed by atoms with Gasteiger partial charge < -0.3 is 9.47 Å². The van der Waals surface area contributed by atoms with E-state index < -0.39 is 0 Å². The number of piperidine rings is 1. The molecule has 0 N–H and O–H groups in total. The predicted octanol–water partition coefficient (Wildman–Crippen LogP) is 3.86. The molecule has 1 fully saturated rings. The van der Waals surface area contributed by atoms with Gasteiger partial charge in [-0.25, -0.2) is 0 Å². The van der Waals surface area contributed by atoms with Crippen LogP contribution in [0, 0.1) is 6.92 Å². The Balaban J connectivity index is 1.63. The molecule has 7 nitrogen and oxygen atoms in total. The van der Waals surface area contributed by atoms with E-state index in [0.717, 1.165) is 42.6 Å². The Hall–Kier alpha value is -3.74. The molecule has 34 heavy (non-hydrogen) atoms. The van der Waals surface area contributed by atoms with Crippen LogP contribution in [0.15, 0.2) is 65.5 Å². The number of benzene rings is 2. The van der Waals surface area contributed by atoms with E-state index in [0.29, 0.717) is 23.7 Å². The summed E-state index contributed by atoms with van der Waals surface area (Å²) < 4.78 is 3.36. The van der Waals surface area contributed by atoms with Gasteiger partial charge in [-0.05, 0) is 38.7 Å². The number of aromatic nitrogens is 4. The van der Waals surface area contributed by atoms with Gasteiger partial charge in [-0.3, -0.25) is 9.59 Å². The van der Waals surface area contributed by atoms with E-state index >= 15 is 0 Å². The Morgan fingerprint density at radius 2 is 1.74 bits per heavy atom. The van der Waals surface area contributed by atoms with E-state index in [1.807, 2.05) is 77.1 Å². The number of carbonyl (C=O) groups excluding carboxylic acids is 1. The van der Waals surface area contributed by atoms with Crippen molar-refractivity contribution in [2.24, 2.45) is 0 Å². The predicted molar refractivity (Wildman–Crippen MR) is 132 cm³/mol. The summed E-state index contributed by atoms with van der Waals surface area (Å²) in [4.78, 5) is 33.5. The molecule has 0 saturated carbocycles. The molecule has 0 aliphatic carbocycles.